The predicted molar refractivity (Wildman–Crippen MR) is 55.9 cm³/mol. The minimum absolute atomic E-state index is 0.129. The highest BCUT2D eigenvalue weighted by Crippen LogP contribution is 2.27. The van der Waals surface area contributed by atoms with E-state index in [1.54, 1.807) is 24.3 Å². The third-order valence-electron chi connectivity index (χ3n) is 2.21. The van der Waals surface area contributed by atoms with Crippen LogP contribution in [0.2, 0.25) is 0 Å². The molecule has 0 radical (unpaired) electrons. The molecular weight excluding hydrogens is 208 g/mol. The molecule has 0 bridgehead atoms. The Kier molecular flexibility index (Phi) is 2.51. The Morgan fingerprint density at radius 2 is 1.88 bits per heavy atom. The summed E-state index contributed by atoms with van der Waals surface area (Å²) in [6, 6.07) is 10.5. The van der Waals surface area contributed by atoms with Crippen molar-refractivity contribution >= 4 is 5.69 Å². The van der Waals surface area contributed by atoms with Gasteiger partial charge < -0.3 is 0 Å². The summed E-state index contributed by atoms with van der Waals surface area (Å²) in [5.74, 6) is 0. The van der Waals surface area contributed by atoms with Gasteiger partial charge in [0.15, 0.2) is 0 Å². The van der Waals surface area contributed by atoms with Gasteiger partial charge in [-0.2, -0.15) is 0 Å². The largest absolute Gasteiger partial charge is 0.345 e. The third-order valence-corrected chi connectivity index (χ3v) is 2.21. The highest BCUT2D eigenvalue weighted by Gasteiger charge is 2.20. The second kappa shape index (κ2) is 3.98. The van der Waals surface area contributed by atoms with Crippen molar-refractivity contribution in [3.8, 4) is 11.1 Å². The molecule has 2 aromatic rings. The van der Waals surface area contributed by atoms with E-state index in [0.29, 0.717) is 10.3 Å². The lowest BCUT2D eigenvalue weighted by Gasteiger charge is -1.99. The molecule has 0 saturated heterocycles. The van der Waals surface area contributed by atoms with Crippen molar-refractivity contribution < 1.29 is 14.9 Å². The first-order chi connectivity index (χ1) is 7.68. The van der Waals surface area contributed by atoms with E-state index in [1.807, 2.05) is 6.07 Å². The summed E-state index contributed by atoms with van der Waals surface area (Å²) in [6.07, 6.45) is 2.43. The highest BCUT2D eigenvalue weighted by molar-refractivity contribution is 5.71. The molecule has 0 aliphatic carbocycles. The Morgan fingerprint density at radius 1 is 1.19 bits per heavy atom. The average molecular weight is 217 g/mol. The van der Waals surface area contributed by atoms with E-state index in [2.05, 4.69) is 0 Å². The van der Waals surface area contributed by atoms with Crippen LogP contribution in [-0.2, 0) is 0 Å². The normalized spacial score (nSPS) is 10.0. The van der Waals surface area contributed by atoms with Crippen LogP contribution >= 0.6 is 0 Å². The van der Waals surface area contributed by atoms with E-state index in [9.17, 15) is 10.1 Å². The molecule has 5 nitrogen and oxygen atoms in total. The Bertz CT molecular complexity index is 526. The van der Waals surface area contributed by atoms with Crippen molar-refractivity contribution in [2.75, 3.05) is 0 Å². The maximum absolute atomic E-state index is 10.8. The number of rotatable bonds is 2. The maximum atomic E-state index is 10.8. The minimum Gasteiger partial charge on any atom is -0.285 e. The molecule has 2 rings (SSSR count). The number of pyridine rings is 1. The smallest absolute Gasteiger partial charge is 0.285 e. The molecule has 16 heavy (non-hydrogen) atoms. The predicted octanol–water partition coefficient (Wildman–Crippen LogP) is 1.79. The summed E-state index contributed by atoms with van der Waals surface area (Å²) in [5.41, 5.74) is 1.10. The first-order valence-electron chi connectivity index (χ1n) is 4.63. The zero-order valence-corrected chi connectivity index (χ0v) is 8.28. The third kappa shape index (κ3) is 1.83. The van der Waals surface area contributed by atoms with Crippen LogP contribution in [0.25, 0.3) is 11.1 Å². The summed E-state index contributed by atoms with van der Waals surface area (Å²) >= 11 is 0. The second-order valence-electron chi connectivity index (χ2n) is 3.25. The van der Waals surface area contributed by atoms with Crippen molar-refractivity contribution in [1.82, 2.24) is 0 Å². The summed E-state index contributed by atoms with van der Waals surface area (Å²) in [4.78, 5) is 10.3. The van der Waals surface area contributed by atoms with Gasteiger partial charge in [0.25, 0.3) is 6.20 Å². The van der Waals surface area contributed by atoms with Crippen LogP contribution in [0.5, 0.6) is 0 Å². The van der Waals surface area contributed by atoms with Gasteiger partial charge in [0.2, 0.25) is 6.20 Å². The molecule has 0 atom stereocenters. The van der Waals surface area contributed by atoms with E-state index in [0.717, 1.165) is 11.8 Å². The molecule has 0 unspecified atom stereocenters. The average Bonchev–Trinajstić information content (AvgIpc) is 2.30. The first kappa shape index (κ1) is 10.1. The molecule has 0 fully saturated rings. The Labute approximate surface area is 91.3 Å². The van der Waals surface area contributed by atoms with Crippen molar-refractivity contribution in [3.63, 3.8) is 0 Å². The van der Waals surface area contributed by atoms with E-state index < -0.39 is 4.92 Å². The van der Waals surface area contributed by atoms with Gasteiger partial charge in [-0.05, 0) is 5.56 Å². The fourth-order valence-corrected chi connectivity index (χ4v) is 1.48. The Hall–Kier alpha value is -2.43. The molecule has 1 aromatic carbocycles. The summed E-state index contributed by atoms with van der Waals surface area (Å²) in [5, 5.41) is 20.0. The monoisotopic (exact) mass is 217 g/mol. The van der Waals surface area contributed by atoms with Crippen LogP contribution < -0.4 is 4.73 Å². The number of benzene rings is 1. The summed E-state index contributed by atoms with van der Waals surface area (Å²) < 4.78 is 0.671. The molecule has 0 amide bonds. The lowest BCUT2D eigenvalue weighted by molar-refractivity contribution is -0.905. The van der Waals surface area contributed by atoms with Gasteiger partial charge in [0.1, 0.15) is 0 Å². The van der Waals surface area contributed by atoms with Gasteiger partial charge in [-0.3, -0.25) is 15.3 Å². The zero-order chi connectivity index (χ0) is 11.5. The number of hydrogen-bond acceptors (Lipinski definition) is 3. The second-order valence-corrected chi connectivity index (χ2v) is 3.25. The van der Waals surface area contributed by atoms with Crippen molar-refractivity contribution in [1.29, 1.82) is 0 Å². The van der Waals surface area contributed by atoms with E-state index in [4.69, 9.17) is 5.21 Å². The van der Waals surface area contributed by atoms with Gasteiger partial charge >= 0.3 is 5.69 Å². The van der Waals surface area contributed by atoms with Crippen LogP contribution in [-0.4, -0.2) is 10.1 Å². The molecule has 1 aromatic heterocycles. The van der Waals surface area contributed by atoms with E-state index in [-0.39, 0.29) is 5.69 Å². The zero-order valence-electron chi connectivity index (χ0n) is 8.28. The Morgan fingerprint density at radius 3 is 2.50 bits per heavy atom. The first-order valence-corrected chi connectivity index (χ1v) is 4.63. The fraction of sp³-hybridized carbons (Fsp3) is 0. The van der Waals surface area contributed by atoms with Gasteiger partial charge in [-0.1, -0.05) is 30.3 Å². The van der Waals surface area contributed by atoms with E-state index >= 15 is 0 Å². The fourth-order valence-electron chi connectivity index (χ4n) is 1.48. The maximum Gasteiger partial charge on any atom is 0.345 e. The van der Waals surface area contributed by atoms with E-state index in [1.165, 1.54) is 12.3 Å². The van der Waals surface area contributed by atoms with Crippen LogP contribution in [0.3, 0.4) is 0 Å². The molecule has 0 saturated carbocycles. The van der Waals surface area contributed by atoms with Crippen LogP contribution in [0.1, 0.15) is 0 Å². The topological polar surface area (TPSA) is 67.2 Å². The molecule has 0 spiro atoms. The number of hydrogen-bond donors (Lipinski definition) is 1. The molecule has 1 N–H and O–H groups in total. The minimum atomic E-state index is -0.519. The van der Waals surface area contributed by atoms with Gasteiger partial charge in [-0.25, -0.2) is 0 Å². The lowest BCUT2D eigenvalue weighted by Crippen LogP contribution is -2.28. The molecule has 5 heteroatoms. The SMILES string of the molecule is O=[N+]([O-])c1c[n+](O)ccc1-c1ccccc1. The Balaban J connectivity index is 2.61. The summed E-state index contributed by atoms with van der Waals surface area (Å²) in [7, 11) is 0. The van der Waals surface area contributed by atoms with Crippen LogP contribution in [0, 0.1) is 10.1 Å². The van der Waals surface area contributed by atoms with Gasteiger partial charge in [-0.15, -0.1) is 0 Å². The standard InChI is InChI=1S/C11H9N2O3/c14-12-7-6-10(11(8-12)13(15)16)9-4-2-1-3-5-9/h1-8,14H/q+1. The highest BCUT2D eigenvalue weighted by atomic mass is 16.6. The lowest BCUT2D eigenvalue weighted by atomic mass is 10.1. The number of aromatic nitrogens is 1. The molecular formula is C11H9N2O3+. The van der Waals surface area contributed by atoms with Gasteiger partial charge in [0, 0.05) is 10.8 Å². The molecule has 0 aliphatic rings. The quantitative estimate of drug-likeness (QED) is 0.361. The number of nitro groups is 1. The summed E-state index contributed by atoms with van der Waals surface area (Å²) in [6.45, 7) is 0. The van der Waals surface area contributed by atoms with Crippen LogP contribution in [0.4, 0.5) is 5.69 Å². The molecule has 1 heterocycles. The molecule has 80 valence electrons. The van der Waals surface area contributed by atoms with Crippen molar-refractivity contribution in [2.24, 2.45) is 0 Å². The van der Waals surface area contributed by atoms with Crippen LogP contribution in [0.15, 0.2) is 48.8 Å². The molecule has 0 aliphatic heterocycles. The number of nitrogens with zero attached hydrogens (tertiary/aromatic N) is 2. The van der Waals surface area contributed by atoms with Gasteiger partial charge in [0.05, 0.1) is 10.5 Å². The van der Waals surface area contributed by atoms with Crippen molar-refractivity contribution in [2.45, 2.75) is 0 Å². The van der Waals surface area contributed by atoms with Crippen molar-refractivity contribution in [3.05, 3.63) is 58.9 Å².